The van der Waals surface area contributed by atoms with E-state index in [1.165, 1.54) is 19.3 Å². The Morgan fingerprint density at radius 1 is 1.20 bits per heavy atom. The van der Waals surface area contributed by atoms with E-state index in [1.54, 1.807) is 0 Å². The van der Waals surface area contributed by atoms with Crippen molar-refractivity contribution in [2.45, 2.75) is 40.0 Å². The Labute approximate surface area is 64.0 Å². The van der Waals surface area contributed by atoms with Gasteiger partial charge < -0.3 is 0 Å². The minimum absolute atomic E-state index is 0.670. The molecule has 0 N–H and O–H groups in total. The van der Waals surface area contributed by atoms with Crippen molar-refractivity contribution in [3.8, 4) is 0 Å². The molecular weight excluding hydrogens is 120 g/mol. The van der Waals surface area contributed by atoms with Gasteiger partial charge in [-0.05, 0) is 42.4 Å². The van der Waals surface area contributed by atoms with Crippen LogP contribution in [0.5, 0.6) is 0 Å². The summed E-state index contributed by atoms with van der Waals surface area (Å²) in [5.74, 6) is 3.14. The maximum Gasteiger partial charge on any atom is -0.0297 e. The Morgan fingerprint density at radius 2 is 1.90 bits per heavy atom. The van der Waals surface area contributed by atoms with Crippen LogP contribution < -0.4 is 0 Å². The van der Waals surface area contributed by atoms with Crippen LogP contribution >= 0.6 is 0 Å². The van der Waals surface area contributed by atoms with Crippen LogP contribution in [0.15, 0.2) is 0 Å². The summed E-state index contributed by atoms with van der Waals surface area (Å²) >= 11 is 0. The second-order valence-corrected chi connectivity index (χ2v) is 4.88. The summed E-state index contributed by atoms with van der Waals surface area (Å²) < 4.78 is 0. The normalized spacial score (nSPS) is 50.1. The standard InChI is InChI=1S/C10H18/c1-7-8-4-5-9(6-8)10(7,2)3/h7-9H,4-6H2,1-3H3/t7-,8+,9+/m1/s1. The number of hydrogen-bond acceptors (Lipinski definition) is 0. The maximum atomic E-state index is 2.46. The van der Waals surface area contributed by atoms with Gasteiger partial charge in [-0.15, -0.1) is 0 Å². The molecule has 0 aromatic heterocycles. The van der Waals surface area contributed by atoms with E-state index in [0.717, 1.165) is 17.8 Å². The third-order valence-corrected chi connectivity index (χ3v) is 4.41. The van der Waals surface area contributed by atoms with Gasteiger partial charge in [-0.1, -0.05) is 20.8 Å². The molecule has 0 unspecified atom stereocenters. The molecule has 0 heteroatoms. The Morgan fingerprint density at radius 3 is 2.20 bits per heavy atom. The first-order valence-corrected chi connectivity index (χ1v) is 4.62. The summed E-state index contributed by atoms with van der Waals surface area (Å²) in [6, 6.07) is 0. The third kappa shape index (κ3) is 0.627. The predicted octanol–water partition coefficient (Wildman–Crippen LogP) is 3.08. The molecule has 2 fully saturated rings. The molecule has 0 aromatic rings. The largest absolute Gasteiger partial charge is 0.0617 e. The molecule has 0 nitrogen and oxygen atoms in total. The Bertz CT molecular complexity index is 142. The van der Waals surface area contributed by atoms with Gasteiger partial charge >= 0.3 is 0 Å². The average molecular weight is 138 g/mol. The van der Waals surface area contributed by atoms with Gasteiger partial charge in [0.1, 0.15) is 0 Å². The zero-order valence-electron chi connectivity index (χ0n) is 7.35. The highest BCUT2D eigenvalue weighted by molar-refractivity contribution is 4.99. The fourth-order valence-electron chi connectivity index (χ4n) is 3.13. The Balaban J connectivity index is 2.25. The minimum atomic E-state index is 0.670. The van der Waals surface area contributed by atoms with E-state index in [0.29, 0.717) is 5.41 Å². The van der Waals surface area contributed by atoms with Crippen molar-refractivity contribution in [3.63, 3.8) is 0 Å². The molecule has 2 rings (SSSR count). The topological polar surface area (TPSA) is 0 Å². The quantitative estimate of drug-likeness (QED) is 0.482. The molecule has 2 aliphatic rings. The molecule has 2 aliphatic carbocycles. The highest BCUT2D eigenvalue weighted by atomic mass is 14.5. The Kier molecular flexibility index (Phi) is 1.19. The summed E-state index contributed by atoms with van der Waals surface area (Å²) in [6.45, 7) is 7.37. The summed E-state index contributed by atoms with van der Waals surface area (Å²) in [7, 11) is 0. The van der Waals surface area contributed by atoms with Crippen molar-refractivity contribution in [2.24, 2.45) is 23.2 Å². The SMILES string of the molecule is C[C@@H]1[C@H]2CC[C@@H](C2)C1(C)C. The van der Waals surface area contributed by atoms with Crippen molar-refractivity contribution in [1.82, 2.24) is 0 Å². The van der Waals surface area contributed by atoms with Gasteiger partial charge in [0.25, 0.3) is 0 Å². The van der Waals surface area contributed by atoms with Crippen molar-refractivity contribution in [3.05, 3.63) is 0 Å². The number of fused-ring (bicyclic) bond motifs is 2. The van der Waals surface area contributed by atoms with Crippen LogP contribution in [-0.4, -0.2) is 0 Å². The van der Waals surface area contributed by atoms with E-state index in [2.05, 4.69) is 20.8 Å². The van der Waals surface area contributed by atoms with E-state index in [9.17, 15) is 0 Å². The van der Waals surface area contributed by atoms with Gasteiger partial charge in [-0.3, -0.25) is 0 Å². The van der Waals surface area contributed by atoms with Crippen molar-refractivity contribution in [1.29, 1.82) is 0 Å². The second kappa shape index (κ2) is 1.78. The van der Waals surface area contributed by atoms with Crippen molar-refractivity contribution < 1.29 is 0 Å². The zero-order valence-corrected chi connectivity index (χ0v) is 7.35. The van der Waals surface area contributed by atoms with Crippen LogP contribution in [0.1, 0.15) is 40.0 Å². The summed E-state index contributed by atoms with van der Waals surface area (Å²) in [5, 5.41) is 0. The molecule has 58 valence electrons. The zero-order chi connectivity index (χ0) is 7.35. The minimum Gasteiger partial charge on any atom is -0.0617 e. The lowest BCUT2D eigenvalue weighted by atomic mass is 9.70. The molecule has 0 saturated heterocycles. The van der Waals surface area contributed by atoms with Gasteiger partial charge in [0.15, 0.2) is 0 Å². The van der Waals surface area contributed by atoms with Gasteiger partial charge in [0, 0.05) is 0 Å². The molecule has 0 aliphatic heterocycles. The fourth-order valence-corrected chi connectivity index (χ4v) is 3.13. The molecule has 0 radical (unpaired) electrons. The lowest BCUT2D eigenvalue weighted by molar-refractivity contribution is 0.137. The average Bonchev–Trinajstić information content (AvgIpc) is 2.37. The first-order valence-electron chi connectivity index (χ1n) is 4.62. The lowest BCUT2D eigenvalue weighted by Gasteiger charge is -2.35. The molecule has 10 heavy (non-hydrogen) atoms. The molecule has 2 bridgehead atoms. The van der Waals surface area contributed by atoms with Gasteiger partial charge in [-0.2, -0.15) is 0 Å². The van der Waals surface area contributed by atoms with E-state index < -0.39 is 0 Å². The first-order chi connectivity index (χ1) is 4.62. The number of rotatable bonds is 0. The van der Waals surface area contributed by atoms with E-state index >= 15 is 0 Å². The first kappa shape index (κ1) is 6.69. The molecule has 0 heterocycles. The molecule has 2 saturated carbocycles. The van der Waals surface area contributed by atoms with Crippen LogP contribution in [0.2, 0.25) is 0 Å². The molecule has 0 aromatic carbocycles. The van der Waals surface area contributed by atoms with Gasteiger partial charge in [0.2, 0.25) is 0 Å². The van der Waals surface area contributed by atoms with Crippen LogP contribution in [0.3, 0.4) is 0 Å². The van der Waals surface area contributed by atoms with Gasteiger partial charge in [0.05, 0.1) is 0 Å². The fraction of sp³-hybridized carbons (Fsp3) is 1.00. The van der Waals surface area contributed by atoms with Crippen LogP contribution in [0.4, 0.5) is 0 Å². The van der Waals surface area contributed by atoms with E-state index in [-0.39, 0.29) is 0 Å². The second-order valence-electron chi connectivity index (χ2n) is 4.88. The van der Waals surface area contributed by atoms with E-state index in [1.807, 2.05) is 0 Å². The molecule has 0 spiro atoms. The number of hydrogen-bond donors (Lipinski definition) is 0. The summed E-state index contributed by atoms with van der Waals surface area (Å²) in [6.07, 6.45) is 4.57. The third-order valence-electron chi connectivity index (χ3n) is 4.41. The molecular formula is C10H18. The van der Waals surface area contributed by atoms with E-state index in [4.69, 9.17) is 0 Å². The van der Waals surface area contributed by atoms with Crippen molar-refractivity contribution in [2.75, 3.05) is 0 Å². The molecule has 3 atom stereocenters. The highest BCUT2D eigenvalue weighted by Gasteiger charge is 2.50. The smallest absolute Gasteiger partial charge is 0.0297 e. The van der Waals surface area contributed by atoms with Crippen LogP contribution in [0.25, 0.3) is 0 Å². The summed E-state index contributed by atoms with van der Waals surface area (Å²) in [5.41, 5.74) is 0.670. The maximum absolute atomic E-state index is 2.46. The summed E-state index contributed by atoms with van der Waals surface area (Å²) in [4.78, 5) is 0. The molecule has 0 amide bonds. The van der Waals surface area contributed by atoms with Crippen LogP contribution in [0, 0.1) is 23.2 Å². The van der Waals surface area contributed by atoms with Gasteiger partial charge in [-0.25, -0.2) is 0 Å². The monoisotopic (exact) mass is 138 g/mol. The highest BCUT2D eigenvalue weighted by Crippen LogP contribution is 2.58. The van der Waals surface area contributed by atoms with Crippen LogP contribution in [-0.2, 0) is 0 Å². The Hall–Kier alpha value is 0. The van der Waals surface area contributed by atoms with Crippen molar-refractivity contribution >= 4 is 0 Å². The predicted molar refractivity (Wildman–Crippen MR) is 43.8 cm³/mol. The lowest BCUT2D eigenvalue weighted by Crippen LogP contribution is -2.28.